The molecule has 3 N–H and O–H groups in total. The largest absolute Gasteiger partial charge is 0.354 e. The molecule has 0 saturated carbocycles. The van der Waals surface area contributed by atoms with Crippen LogP contribution in [0.5, 0.6) is 0 Å². The molecule has 138 valence electrons. The van der Waals surface area contributed by atoms with Crippen LogP contribution in [0.1, 0.15) is 31.2 Å². The van der Waals surface area contributed by atoms with E-state index >= 15 is 0 Å². The molecule has 24 heavy (non-hydrogen) atoms. The van der Waals surface area contributed by atoms with Crippen molar-refractivity contribution in [2.75, 3.05) is 19.6 Å². The van der Waals surface area contributed by atoms with Crippen LogP contribution in [0.15, 0.2) is 12.4 Å². The molecule has 0 bridgehead atoms. The molecule has 0 aliphatic carbocycles. The molecule has 0 spiro atoms. The Labute approximate surface area is 155 Å². The van der Waals surface area contributed by atoms with Crippen LogP contribution in [0.25, 0.3) is 0 Å². The Balaban J connectivity index is 0.00000264. The number of carbonyl (C=O) groups is 2. The monoisotopic (exact) mass is 379 g/mol. The van der Waals surface area contributed by atoms with E-state index in [2.05, 4.69) is 10.4 Å². The molecule has 0 radical (unpaired) electrons. The van der Waals surface area contributed by atoms with E-state index in [9.17, 15) is 9.59 Å². The first kappa shape index (κ1) is 22.7. The van der Waals surface area contributed by atoms with Crippen molar-refractivity contribution in [3.05, 3.63) is 18.0 Å². The van der Waals surface area contributed by atoms with Gasteiger partial charge in [0.1, 0.15) is 0 Å². The van der Waals surface area contributed by atoms with E-state index in [1.165, 1.54) is 0 Å². The Morgan fingerprint density at radius 1 is 1.38 bits per heavy atom. The average molecular weight is 380 g/mol. The van der Waals surface area contributed by atoms with Crippen LogP contribution in [0.2, 0.25) is 0 Å². The van der Waals surface area contributed by atoms with Gasteiger partial charge in [-0.25, -0.2) is 0 Å². The Morgan fingerprint density at radius 3 is 2.75 bits per heavy atom. The van der Waals surface area contributed by atoms with Gasteiger partial charge in [0, 0.05) is 45.3 Å². The highest BCUT2D eigenvalue weighted by Gasteiger charge is 2.27. The Hall–Kier alpha value is -1.31. The summed E-state index contributed by atoms with van der Waals surface area (Å²) in [7, 11) is 1.84. The van der Waals surface area contributed by atoms with Gasteiger partial charge in [-0.15, -0.1) is 24.8 Å². The quantitative estimate of drug-likeness (QED) is 0.758. The highest BCUT2D eigenvalue weighted by molar-refractivity contribution is 5.85. The molecule has 1 unspecified atom stereocenters. The van der Waals surface area contributed by atoms with Gasteiger partial charge in [-0.05, 0) is 24.8 Å². The Morgan fingerprint density at radius 2 is 2.12 bits per heavy atom. The van der Waals surface area contributed by atoms with E-state index in [-0.39, 0.29) is 42.7 Å². The highest BCUT2D eigenvalue weighted by atomic mass is 35.5. The molecule has 0 aromatic carbocycles. The number of hydrogen-bond acceptors (Lipinski definition) is 4. The second kappa shape index (κ2) is 11.3. The summed E-state index contributed by atoms with van der Waals surface area (Å²) in [5.74, 6) is 0.0542. The number of aromatic nitrogens is 2. The molecular formula is C15H27Cl2N5O2. The zero-order valence-electron chi connectivity index (χ0n) is 13.9. The number of halogens is 2. The number of aryl methyl sites for hydroxylation is 1. The third-order valence-electron chi connectivity index (χ3n) is 3.97. The van der Waals surface area contributed by atoms with Crippen LogP contribution in [0.3, 0.4) is 0 Å². The van der Waals surface area contributed by atoms with Crippen LogP contribution in [0.4, 0.5) is 0 Å². The molecular weight excluding hydrogens is 353 g/mol. The van der Waals surface area contributed by atoms with Crippen molar-refractivity contribution in [2.45, 2.75) is 38.1 Å². The van der Waals surface area contributed by atoms with Crippen LogP contribution >= 0.6 is 24.8 Å². The second-order valence-electron chi connectivity index (χ2n) is 5.78. The molecule has 1 fully saturated rings. The summed E-state index contributed by atoms with van der Waals surface area (Å²) in [5.41, 5.74) is 6.29. The first-order valence-electron chi connectivity index (χ1n) is 7.84. The third kappa shape index (κ3) is 6.67. The van der Waals surface area contributed by atoms with E-state index in [0.29, 0.717) is 25.9 Å². The van der Waals surface area contributed by atoms with Gasteiger partial charge in [0.05, 0.1) is 12.6 Å². The van der Waals surface area contributed by atoms with Crippen molar-refractivity contribution in [3.63, 3.8) is 0 Å². The number of nitrogens with zero attached hydrogens (tertiary/aromatic N) is 3. The van der Waals surface area contributed by atoms with Gasteiger partial charge < -0.3 is 16.0 Å². The van der Waals surface area contributed by atoms with Crippen LogP contribution in [0, 0.1) is 0 Å². The molecule has 1 aliphatic heterocycles. The fourth-order valence-electron chi connectivity index (χ4n) is 2.83. The standard InChI is InChI=1S/C15H25N5O2.2ClH/c1-19-11-12(9-18-19)8-15(22)20-7-3-2-4-13(20)10-17-14(21)5-6-16;;/h9,11,13H,2-8,10,16H2,1H3,(H,17,21);2*1H. The fraction of sp³-hybridized carbons (Fsp3) is 0.667. The number of amides is 2. The molecule has 1 aliphatic rings. The molecule has 2 heterocycles. The molecule has 7 nitrogen and oxygen atoms in total. The molecule has 1 atom stereocenters. The van der Waals surface area contributed by atoms with Crippen molar-refractivity contribution in [1.29, 1.82) is 0 Å². The zero-order valence-corrected chi connectivity index (χ0v) is 15.6. The van der Waals surface area contributed by atoms with Gasteiger partial charge in [0.25, 0.3) is 0 Å². The van der Waals surface area contributed by atoms with Crippen molar-refractivity contribution in [3.8, 4) is 0 Å². The lowest BCUT2D eigenvalue weighted by Crippen LogP contribution is -2.50. The summed E-state index contributed by atoms with van der Waals surface area (Å²) in [6, 6.07) is 0.0830. The number of nitrogens with one attached hydrogen (secondary N) is 1. The maximum Gasteiger partial charge on any atom is 0.227 e. The molecule has 9 heteroatoms. The molecule has 1 saturated heterocycles. The van der Waals surface area contributed by atoms with Crippen molar-refractivity contribution in [2.24, 2.45) is 12.8 Å². The number of likely N-dealkylation sites (tertiary alicyclic amines) is 1. The number of nitrogens with two attached hydrogens (primary N) is 1. The Kier molecular flexibility index (Phi) is 10.7. The summed E-state index contributed by atoms with van der Waals surface area (Å²) < 4.78 is 1.70. The van der Waals surface area contributed by atoms with E-state index in [4.69, 9.17) is 5.73 Å². The lowest BCUT2D eigenvalue weighted by molar-refractivity contribution is -0.134. The van der Waals surface area contributed by atoms with Gasteiger partial charge in [-0.3, -0.25) is 14.3 Å². The lowest BCUT2D eigenvalue weighted by atomic mass is 10.0. The van der Waals surface area contributed by atoms with Gasteiger partial charge in [-0.2, -0.15) is 5.10 Å². The molecule has 2 rings (SSSR count). The maximum absolute atomic E-state index is 12.5. The molecule has 1 aromatic rings. The number of carbonyl (C=O) groups excluding carboxylic acids is 2. The first-order chi connectivity index (χ1) is 10.6. The van der Waals surface area contributed by atoms with Crippen LogP contribution in [-0.2, 0) is 23.1 Å². The van der Waals surface area contributed by atoms with E-state index < -0.39 is 0 Å². The minimum absolute atomic E-state index is 0. The minimum atomic E-state index is -0.0484. The van der Waals surface area contributed by atoms with Gasteiger partial charge in [-0.1, -0.05) is 0 Å². The van der Waals surface area contributed by atoms with Crippen LogP contribution in [-0.4, -0.2) is 52.2 Å². The summed E-state index contributed by atoms with van der Waals surface area (Å²) in [6.45, 7) is 1.62. The smallest absolute Gasteiger partial charge is 0.227 e. The van der Waals surface area contributed by atoms with Gasteiger partial charge >= 0.3 is 0 Å². The number of rotatable bonds is 6. The maximum atomic E-state index is 12.5. The van der Waals surface area contributed by atoms with Gasteiger partial charge in [0.2, 0.25) is 11.8 Å². The minimum Gasteiger partial charge on any atom is -0.354 e. The van der Waals surface area contributed by atoms with Crippen molar-refractivity contribution >= 4 is 36.6 Å². The van der Waals surface area contributed by atoms with Crippen LogP contribution < -0.4 is 11.1 Å². The Bertz CT molecular complexity index is 524. The summed E-state index contributed by atoms with van der Waals surface area (Å²) in [5, 5.41) is 6.97. The molecule has 2 amide bonds. The predicted octanol–water partition coefficient (Wildman–Crippen LogP) is 0.652. The zero-order chi connectivity index (χ0) is 15.9. The number of piperidine rings is 1. The second-order valence-corrected chi connectivity index (χ2v) is 5.78. The highest BCUT2D eigenvalue weighted by Crippen LogP contribution is 2.18. The topological polar surface area (TPSA) is 93.2 Å². The lowest BCUT2D eigenvalue weighted by Gasteiger charge is -2.36. The predicted molar refractivity (Wildman–Crippen MR) is 97.4 cm³/mol. The first-order valence-corrected chi connectivity index (χ1v) is 7.84. The molecule has 1 aromatic heterocycles. The van der Waals surface area contributed by atoms with E-state index in [1.54, 1.807) is 10.9 Å². The van der Waals surface area contributed by atoms with Crippen molar-refractivity contribution in [1.82, 2.24) is 20.0 Å². The third-order valence-corrected chi connectivity index (χ3v) is 3.97. The van der Waals surface area contributed by atoms with E-state index in [0.717, 1.165) is 31.4 Å². The SMILES string of the molecule is Cl.Cl.Cn1cc(CC(=O)N2CCCCC2CNC(=O)CCN)cn1. The van der Waals surface area contributed by atoms with E-state index in [1.807, 2.05) is 18.1 Å². The van der Waals surface area contributed by atoms with Gasteiger partial charge in [0.15, 0.2) is 0 Å². The summed E-state index contributed by atoms with van der Waals surface area (Å²) in [6.07, 6.45) is 7.32. The normalized spacial score (nSPS) is 16.8. The fourth-order valence-corrected chi connectivity index (χ4v) is 2.83. The average Bonchev–Trinajstić information content (AvgIpc) is 2.91. The number of hydrogen-bond donors (Lipinski definition) is 2. The summed E-state index contributed by atoms with van der Waals surface area (Å²) >= 11 is 0. The summed E-state index contributed by atoms with van der Waals surface area (Å²) in [4.78, 5) is 26.0. The van der Waals surface area contributed by atoms with Crippen molar-refractivity contribution < 1.29 is 9.59 Å².